The van der Waals surface area contributed by atoms with E-state index in [0.717, 1.165) is 5.56 Å². The average Bonchev–Trinajstić information content (AvgIpc) is 3.19. The van der Waals surface area contributed by atoms with E-state index in [-0.39, 0.29) is 18.5 Å². The molecule has 1 unspecified atom stereocenters. The molecule has 1 N–H and O–H groups in total. The molecule has 30 heavy (non-hydrogen) atoms. The molecule has 4 rings (SSSR count). The molecule has 1 aliphatic rings. The van der Waals surface area contributed by atoms with Crippen LogP contribution in [0.5, 0.6) is 0 Å². The lowest BCUT2D eigenvalue weighted by Gasteiger charge is -2.34. The number of hydrogen-bond donors (Lipinski definition) is 1. The zero-order valence-corrected chi connectivity index (χ0v) is 16.8. The quantitative estimate of drug-likeness (QED) is 0.651. The molecule has 0 aliphatic carbocycles. The van der Waals surface area contributed by atoms with Crippen LogP contribution in [0.1, 0.15) is 39.3 Å². The Hall–Kier alpha value is -3.52. The summed E-state index contributed by atoms with van der Waals surface area (Å²) >= 11 is 0. The maximum atomic E-state index is 12.9. The molecular weight excluding hydrogens is 384 g/mol. The van der Waals surface area contributed by atoms with Gasteiger partial charge in [-0.3, -0.25) is 9.69 Å². The zero-order valence-electron chi connectivity index (χ0n) is 16.8. The van der Waals surface area contributed by atoms with Crippen LogP contribution < -0.4 is 5.32 Å². The molecule has 0 saturated carbocycles. The summed E-state index contributed by atoms with van der Waals surface area (Å²) < 4.78 is 10.5. The second-order valence-corrected chi connectivity index (χ2v) is 7.14. The van der Waals surface area contributed by atoms with Gasteiger partial charge >= 0.3 is 5.97 Å². The number of aromatic nitrogens is 2. The first kappa shape index (κ1) is 19.8. The Morgan fingerprint density at radius 3 is 2.60 bits per heavy atom. The van der Waals surface area contributed by atoms with Crippen molar-refractivity contribution < 1.29 is 18.7 Å². The van der Waals surface area contributed by atoms with Crippen LogP contribution in [0.2, 0.25) is 0 Å². The molecule has 1 aromatic heterocycles. The Morgan fingerprint density at radius 1 is 1.13 bits per heavy atom. The van der Waals surface area contributed by atoms with E-state index in [1.165, 1.54) is 12.7 Å². The van der Waals surface area contributed by atoms with Crippen molar-refractivity contribution in [2.75, 3.05) is 19.0 Å². The highest BCUT2D eigenvalue weighted by Gasteiger charge is 2.32. The number of esters is 1. The first-order valence-corrected chi connectivity index (χ1v) is 9.63. The van der Waals surface area contributed by atoms with Crippen LogP contribution in [0.15, 0.2) is 52.9 Å². The monoisotopic (exact) mass is 406 g/mol. The van der Waals surface area contributed by atoms with Crippen molar-refractivity contribution in [1.29, 1.82) is 0 Å². The number of fused-ring (bicyclic) bond motifs is 1. The van der Waals surface area contributed by atoms with E-state index in [4.69, 9.17) is 9.15 Å². The number of carbonyl (C=O) groups is 2. The standard InChI is InChI=1S/C22H22N4O4/c1-14-24-25-21(30-14)19-11-15-7-3-4-8-16(15)12-26(19)13-20(27)23-18-10-6-5-9-17(18)22(28)29-2/h3-10,19H,11-13H2,1-2H3,(H,23,27). The number of carbonyl (C=O) groups excluding carboxylic acids is 2. The van der Waals surface area contributed by atoms with Gasteiger partial charge in [0.15, 0.2) is 0 Å². The van der Waals surface area contributed by atoms with Crippen LogP contribution in [0, 0.1) is 6.92 Å². The Kier molecular flexibility index (Phi) is 5.58. The fourth-order valence-electron chi connectivity index (χ4n) is 3.69. The molecule has 8 nitrogen and oxygen atoms in total. The minimum atomic E-state index is -0.503. The Labute approximate surface area is 173 Å². The second kappa shape index (κ2) is 8.46. The average molecular weight is 406 g/mol. The fourth-order valence-corrected chi connectivity index (χ4v) is 3.69. The highest BCUT2D eigenvalue weighted by molar-refractivity contribution is 6.01. The Balaban J connectivity index is 1.56. The molecule has 8 heteroatoms. The first-order valence-electron chi connectivity index (χ1n) is 9.63. The molecule has 1 amide bonds. The number of benzene rings is 2. The molecule has 0 spiro atoms. The number of methoxy groups -OCH3 is 1. The van der Waals surface area contributed by atoms with Crippen molar-refractivity contribution in [2.45, 2.75) is 25.9 Å². The first-order chi connectivity index (χ1) is 14.5. The Bertz CT molecular complexity index is 1080. The lowest BCUT2D eigenvalue weighted by atomic mass is 9.94. The number of hydrogen-bond acceptors (Lipinski definition) is 7. The largest absolute Gasteiger partial charge is 0.465 e. The molecule has 1 atom stereocenters. The van der Waals surface area contributed by atoms with Crippen molar-refractivity contribution in [1.82, 2.24) is 15.1 Å². The summed E-state index contributed by atoms with van der Waals surface area (Å²) in [6.45, 7) is 2.43. The molecule has 2 aromatic carbocycles. The molecular formula is C22H22N4O4. The SMILES string of the molecule is COC(=O)c1ccccc1NC(=O)CN1Cc2ccccc2CC1c1nnc(C)o1. The number of rotatable bonds is 5. The summed E-state index contributed by atoms with van der Waals surface area (Å²) in [5.41, 5.74) is 3.08. The van der Waals surface area contributed by atoms with Crippen molar-refractivity contribution in [3.05, 3.63) is 77.0 Å². The highest BCUT2D eigenvalue weighted by atomic mass is 16.5. The Morgan fingerprint density at radius 2 is 1.87 bits per heavy atom. The molecule has 0 fully saturated rings. The van der Waals surface area contributed by atoms with E-state index < -0.39 is 5.97 Å². The van der Waals surface area contributed by atoms with E-state index in [1.807, 2.05) is 17.0 Å². The predicted octanol–water partition coefficient (Wildman–Crippen LogP) is 2.90. The number of ether oxygens (including phenoxy) is 1. The third kappa shape index (κ3) is 4.08. The minimum absolute atomic E-state index is 0.107. The fraction of sp³-hybridized carbons (Fsp3) is 0.273. The maximum Gasteiger partial charge on any atom is 0.339 e. The van der Waals surface area contributed by atoms with E-state index >= 15 is 0 Å². The van der Waals surface area contributed by atoms with Gasteiger partial charge in [-0.1, -0.05) is 36.4 Å². The van der Waals surface area contributed by atoms with E-state index in [0.29, 0.717) is 36.0 Å². The van der Waals surface area contributed by atoms with Gasteiger partial charge in [0, 0.05) is 13.5 Å². The van der Waals surface area contributed by atoms with Crippen molar-refractivity contribution in [2.24, 2.45) is 0 Å². The van der Waals surface area contributed by atoms with Crippen molar-refractivity contribution in [3.8, 4) is 0 Å². The minimum Gasteiger partial charge on any atom is -0.465 e. The van der Waals surface area contributed by atoms with Gasteiger partial charge in [-0.25, -0.2) is 4.79 Å². The van der Waals surface area contributed by atoms with Gasteiger partial charge in [-0.05, 0) is 29.7 Å². The zero-order chi connectivity index (χ0) is 21.1. The number of nitrogens with zero attached hydrogens (tertiary/aromatic N) is 3. The predicted molar refractivity (Wildman–Crippen MR) is 109 cm³/mol. The number of nitrogens with one attached hydrogen (secondary N) is 1. The summed E-state index contributed by atoms with van der Waals surface area (Å²) in [5.74, 6) is 0.231. The van der Waals surface area contributed by atoms with Crippen molar-refractivity contribution >= 4 is 17.6 Å². The topological polar surface area (TPSA) is 97.6 Å². The van der Waals surface area contributed by atoms with Crippen LogP contribution in [0.3, 0.4) is 0 Å². The van der Waals surface area contributed by atoms with E-state index in [2.05, 4.69) is 27.6 Å². The summed E-state index contributed by atoms with van der Waals surface area (Å²) in [4.78, 5) is 26.8. The smallest absolute Gasteiger partial charge is 0.339 e. The van der Waals surface area contributed by atoms with Gasteiger partial charge in [0.05, 0.1) is 30.9 Å². The van der Waals surface area contributed by atoms with Gasteiger partial charge < -0.3 is 14.5 Å². The van der Waals surface area contributed by atoms with E-state index in [9.17, 15) is 9.59 Å². The highest BCUT2D eigenvalue weighted by Crippen LogP contribution is 2.32. The van der Waals surface area contributed by atoms with Crippen LogP contribution in [-0.2, 0) is 22.5 Å². The number of aryl methyl sites for hydroxylation is 1. The molecule has 0 saturated heterocycles. The molecule has 1 aliphatic heterocycles. The van der Waals surface area contributed by atoms with E-state index in [1.54, 1.807) is 31.2 Å². The number of amides is 1. The van der Waals surface area contributed by atoms with Crippen LogP contribution >= 0.6 is 0 Å². The normalized spacial score (nSPS) is 16.0. The maximum absolute atomic E-state index is 12.9. The lowest BCUT2D eigenvalue weighted by Crippen LogP contribution is -2.40. The molecule has 0 radical (unpaired) electrons. The summed E-state index contributed by atoms with van der Waals surface area (Å²) in [5, 5.41) is 11.0. The molecule has 0 bridgehead atoms. The third-order valence-corrected chi connectivity index (χ3v) is 5.13. The summed E-state index contributed by atoms with van der Waals surface area (Å²) in [6, 6.07) is 14.7. The lowest BCUT2D eigenvalue weighted by molar-refractivity contribution is -0.118. The molecule has 154 valence electrons. The molecule has 3 aromatic rings. The van der Waals surface area contributed by atoms with Gasteiger partial charge in [0.25, 0.3) is 0 Å². The summed E-state index contributed by atoms with van der Waals surface area (Å²) in [7, 11) is 1.31. The summed E-state index contributed by atoms with van der Waals surface area (Å²) in [6.07, 6.45) is 0.670. The van der Waals surface area contributed by atoms with Gasteiger partial charge in [0.1, 0.15) is 0 Å². The van der Waals surface area contributed by atoms with Crippen LogP contribution in [0.25, 0.3) is 0 Å². The third-order valence-electron chi connectivity index (χ3n) is 5.13. The van der Waals surface area contributed by atoms with Gasteiger partial charge in [-0.2, -0.15) is 0 Å². The number of anilines is 1. The van der Waals surface area contributed by atoms with Crippen LogP contribution in [0.4, 0.5) is 5.69 Å². The van der Waals surface area contributed by atoms with Crippen molar-refractivity contribution in [3.63, 3.8) is 0 Å². The second-order valence-electron chi connectivity index (χ2n) is 7.14. The van der Waals surface area contributed by atoms with Gasteiger partial charge in [0.2, 0.25) is 17.7 Å². The molecule has 2 heterocycles. The van der Waals surface area contributed by atoms with Gasteiger partial charge in [-0.15, -0.1) is 10.2 Å². The number of para-hydroxylation sites is 1. The van der Waals surface area contributed by atoms with Crippen LogP contribution in [-0.4, -0.2) is 40.6 Å².